The van der Waals surface area contributed by atoms with Gasteiger partial charge in [0.15, 0.2) is 0 Å². The van der Waals surface area contributed by atoms with Crippen LogP contribution in [0.4, 0.5) is 18.9 Å². The number of fused-ring (bicyclic) bond motifs is 2. The molecule has 1 saturated heterocycles. The predicted molar refractivity (Wildman–Crippen MR) is 88.5 cm³/mol. The van der Waals surface area contributed by atoms with E-state index in [1.165, 1.54) is 4.90 Å². The fourth-order valence-corrected chi connectivity index (χ4v) is 4.02. The fourth-order valence-electron chi connectivity index (χ4n) is 4.02. The van der Waals surface area contributed by atoms with E-state index >= 15 is 0 Å². The molecule has 2 aromatic carbocycles. The van der Waals surface area contributed by atoms with Gasteiger partial charge < -0.3 is 9.80 Å². The molecule has 2 aliphatic rings. The molecule has 3 nitrogen and oxygen atoms in total. The Morgan fingerprint density at radius 1 is 1.00 bits per heavy atom. The van der Waals surface area contributed by atoms with Crippen molar-refractivity contribution in [2.75, 3.05) is 18.0 Å². The van der Waals surface area contributed by atoms with Crippen molar-refractivity contribution >= 4 is 11.6 Å². The number of aryl methyl sites for hydroxylation is 1. The van der Waals surface area contributed by atoms with Gasteiger partial charge in [-0.1, -0.05) is 35.9 Å². The molecular formula is C19H17F3N2O. The smallest absolute Gasteiger partial charge is 0.339 e. The zero-order valence-corrected chi connectivity index (χ0v) is 13.7. The van der Waals surface area contributed by atoms with Crippen LogP contribution in [0.25, 0.3) is 0 Å². The Morgan fingerprint density at radius 3 is 2.36 bits per heavy atom. The molecule has 25 heavy (non-hydrogen) atoms. The molecule has 1 fully saturated rings. The number of hydrogen-bond donors (Lipinski definition) is 0. The molecule has 1 atom stereocenters. The van der Waals surface area contributed by atoms with Crippen LogP contribution in [-0.4, -0.2) is 35.7 Å². The molecule has 6 heteroatoms. The quantitative estimate of drug-likeness (QED) is 0.785. The molecule has 0 bridgehead atoms. The summed E-state index contributed by atoms with van der Waals surface area (Å²) >= 11 is 0. The van der Waals surface area contributed by atoms with Gasteiger partial charge in [0.05, 0.1) is 0 Å². The molecule has 0 N–H and O–H groups in total. The van der Waals surface area contributed by atoms with Gasteiger partial charge in [0.2, 0.25) is 5.66 Å². The summed E-state index contributed by atoms with van der Waals surface area (Å²) in [6, 6.07) is 13.6. The molecule has 0 radical (unpaired) electrons. The number of alkyl halides is 3. The van der Waals surface area contributed by atoms with Crippen LogP contribution in [0.2, 0.25) is 0 Å². The van der Waals surface area contributed by atoms with E-state index in [1.807, 2.05) is 6.92 Å². The van der Waals surface area contributed by atoms with Gasteiger partial charge in [-0.15, -0.1) is 0 Å². The maximum absolute atomic E-state index is 14.4. The fraction of sp³-hybridized carbons (Fsp3) is 0.316. The number of amides is 1. The molecule has 0 aliphatic carbocycles. The van der Waals surface area contributed by atoms with Crippen molar-refractivity contribution in [2.45, 2.75) is 25.2 Å². The third-order valence-electron chi connectivity index (χ3n) is 5.14. The molecule has 130 valence electrons. The number of nitrogens with zero attached hydrogens (tertiary/aromatic N) is 2. The number of carbonyl (C=O) groups excluding carboxylic acids is 1. The van der Waals surface area contributed by atoms with Gasteiger partial charge in [0.1, 0.15) is 0 Å². The van der Waals surface area contributed by atoms with Gasteiger partial charge in [-0.3, -0.25) is 4.79 Å². The number of benzene rings is 2. The van der Waals surface area contributed by atoms with Gasteiger partial charge >= 0.3 is 6.18 Å². The van der Waals surface area contributed by atoms with Crippen LogP contribution in [0.5, 0.6) is 0 Å². The zero-order valence-electron chi connectivity index (χ0n) is 13.7. The van der Waals surface area contributed by atoms with E-state index in [9.17, 15) is 18.0 Å². The van der Waals surface area contributed by atoms with E-state index < -0.39 is 17.7 Å². The van der Waals surface area contributed by atoms with E-state index in [4.69, 9.17) is 0 Å². The maximum atomic E-state index is 14.4. The number of anilines is 1. The van der Waals surface area contributed by atoms with Crippen molar-refractivity contribution in [3.63, 3.8) is 0 Å². The lowest BCUT2D eigenvalue weighted by atomic mass is 9.87. The van der Waals surface area contributed by atoms with Gasteiger partial charge in [-0.05, 0) is 30.7 Å². The molecule has 0 spiro atoms. The molecular weight excluding hydrogens is 329 g/mol. The molecule has 4 rings (SSSR count). The lowest BCUT2D eigenvalue weighted by Gasteiger charge is -2.48. The van der Waals surface area contributed by atoms with Crippen molar-refractivity contribution in [2.24, 2.45) is 0 Å². The second kappa shape index (κ2) is 5.25. The Hall–Kier alpha value is -2.50. The van der Waals surface area contributed by atoms with Crippen LogP contribution in [-0.2, 0) is 6.42 Å². The zero-order chi connectivity index (χ0) is 17.8. The summed E-state index contributed by atoms with van der Waals surface area (Å²) in [6.45, 7) is 2.03. The van der Waals surface area contributed by atoms with Crippen LogP contribution >= 0.6 is 0 Å². The van der Waals surface area contributed by atoms with Crippen LogP contribution in [0, 0.1) is 6.92 Å². The summed E-state index contributed by atoms with van der Waals surface area (Å²) in [7, 11) is 0. The molecule has 2 aliphatic heterocycles. The third kappa shape index (κ3) is 2.16. The first-order valence-electron chi connectivity index (χ1n) is 8.15. The number of para-hydroxylation sites is 1. The Morgan fingerprint density at radius 2 is 1.68 bits per heavy atom. The summed E-state index contributed by atoms with van der Waals surface area (Å²) in [5.74, 6) is -0.544. The predicted octanol–water partition coefficient (Wildman–Crippen LogP) is 3.77. The normalized spacial score (nSPS) is 22.8. The number of rotatable bonds is 1. The average Bonchev–Trinajstić information content (AvgIpc) is 2.96. The summed E-state index contributed by atoms with van der Waals surface area (Å²) < 4.78 is 43.1. The van der Waals surface area contributed by atoms with Crippen molar-refractivity contribution in [3.8, 4) is 0 Å². The third-order valence-corrected chi connectivity index (χ3v) is 5.14. The molecule has 0 aromatic heterocycles. The summed E-state index contributed by atoms with van der Waals surface area (Å²) in [5.41, 5.74) is -0.165. The van der Waals surface area contributed by atoms with E-state index in [-0.39, 0.29) is 19.5 Å². The second-order valence-corrected chi connectivity index (χ2v) is 6.60. The first-order valence-corrected chi connectivity index (χ1v) is 8.15. The average molecular weight is 346 g/mol. The van der Waals surface area contributed by atoms with E-state index in [1.54, 1.807) is 48.5 Å². The largest absolute Gasteiger partial charge is 0.431 e. The van der Waals surface area contributed by atoms with Gasteiger partial charge in [0, 0.05) is 30.8 Å². The lowest BCUT2D eigenvalue weighted by Crippen LogP contribution is -2.68. The van der Waals surface area contributed by atoms with Crippen molar-refractivity contribution in [3.05, 3.63) is 65.2 Å². The van der Waals surface area contributed by atoms with Gasteiger partial charge in [0.25, 0.3) is 5.91 Å². The highest BCUT2D eigenvalue weighted by Gasteiger charge is 2.68. The Balaban J connectivity index is 1.92. The van der Waals surface area contributed by atoms with Crippen LogP contribution in [0.15, 0.2) is 48.5 Å². The first-order chi connectivity index (χ1) is 11.8. The number of halogens is 3. The molecule has 0 saturated carbocycles. The number of carbonyl (C=O) groups is 1. The topological polar surface area (TPSA) is 23.6 Å². The summed E-state index contributed by atoms with van der Waals surface area (Å²) in [5, 5.41) is 0. The Labute approximate surface area is 143 Å². The van der Waals surface area contributed by atoms with Crippen molar-refractivity contribution in [1.29, 1.82) is 0 Å². The Bertz CT molecular complexity index is 834. The highest BCUT2D eigenvalue weighted by molar-refractivity contribution is 5.98. The van der Waals surface area contributed by atoms with Gasteiger partial charge in [-0.2, -0.15) is 13.2 Å². The first kappa shape index (κ1) is 16.0. The highest BCUT2D eigenvalue weighted by Crippen LogP contribution is 2.49. The van der Waals surface area contributed by atoms with Crippen LogP contribution in [0.1, 0.15) is 21.5 Å². The van der Waals surface area contributed by atoms with Crippen LogP contribution in [0.3, 0.4) is 0 Å². The monoisotopic (exact) mass is 346 g/mol. The highest BCUT2D eigenvalue weighted by atomic mass is 19.4. The SMILES string of the molecule is Cc1ccc2c(c1)CC1(C(F)(F)F)N(CCN1c1ccccc1)C2=O. The Kier molecular flexibility index (Phi) is 3.36. The minimum Gasteiger partial charge on any atom is -0.339 e. The number of hydrogen-bond acceptors (Lipinski definition) is 2. The van der Waals surface area contributed by atoms with Crippen LogP contribution < -0.4 is 4.90 Å². The van der Waals surface area contributed by atoms with Gasteiger partial charge in [-0.25, -0.2) is 0 Å². The second-order valence-electron chi connectivity index (χ2n) is 6.60. The minimum atomic E-state index is -4.57. The maximum Gasteiger partial charge on any atom is 0.431 e. The van der Waals surface area contributed by atoms with E-state index in [0.29, 0.717) is 16.8 Å². The molecule has 2 aromatic rings. The standard InChI is InChI=1S/C19H17F3N2O/c1-13-7-8-16-14(11-13)12-18(19(20,21)22)23(9-10-24(18)17(16)25)15-5-3-2-4-6-15/h2-8,11H,9-10,12H2,1H3. The van der Waals surface area contributed by atoms with E-state index in [0.717, 1.165) is 10.5 Å². The minimum absolute atomic E-state index is 0.0561. The van der Waals surface area contributed by atoms with E-state index in [2.05, 4.69) is 0 Å². The molecule has 1 amide bonds. The molecule has 2 heterocycles. The summed E-state index contributed by atoms with van der Waals surface area (Å²) in [6.07, 6.45) is -4.83. The van der Waals surface area contributed by atoms with Crippen molar-refractivity contribution in [1.82, 2.24) is 4.90 Å². The summed E-state index contributed by atoms with van der Waals surface area (Å²) in [4.78, 5) is 15.2. The molecule has 1 unspecified atom stereocenters. The lowest BCUT2D eigenvalue weighted by molar-refractivity contribution is -0.215. The van der Waals surface area contributed by atoms with Crippen molar-refractivity contribution < 1.29 is 18.0 Å².